The summed E-state index contributed by atoms with van der Waals surface area (Å²) in [5, 5.41) is 6.89. The third kappa shape index (κ3) is 6.90. The Morgan fingerprint density at radius 3 is 1.45 bits per heavy atom. The Labute approximate surface area is 239 Å². The van der Waals surface area contributed by atoms with E-state index < -0.39 is 0 Å². The summed E-state index contributed by atoms with van der Waals surface area (Å²) >= 11 is 0. The summed E-state index contributed by atoms with van der Waals surface area (Å²) < 4.78 is 0. The quantitative estimate of drug-likeness (QED) is 0.619. The molecule has 4 aliphatic heterocycles. The molecule has 0 saturated carbocycles. The topological polar surface area (TPSA) is 80.0 Å². The number of nitrogens with zero attached hydrogens (tertiary/aromatic N) is 6. The van der Waals surface area contributed by atoms with Crippen LogP contribution in [-0.2, 0) is 0 Å². The fourth-order valence-corrected chi connectivity index (χ4v) is 5.44. The van der Waals surface area contributed by atoms with E-state index in [1.54, 1.807) is 0 Å². The van der Waals surface area contributed by atoms with Crippen molar-refractivity contribution in [3.05, 3.63) is 70.8 Å². The number of hydrogen-bond donors (Lipinski definition) is 2. The molecular formula is C32H44N8. The molecule has 8 nitrogen and oxygen atoms in total. The summed E-state index contributed by atoms with van der Waals surface area (Å²) in [6, 6.07) is 18.2. The lowest BCUT2D eigenvalue weighted by Crippen LogP contribution is -2.38. The Morgan fingerprint density at radius 1 is 0.600 bits per heavy atom. The summed E-state index contributed by atoms with van der Waals surface area (Å²) in [6.45, 7) is 10.3. The van der Waals surface area contributed by atoms with Crippen LogP contribution in [0.15, 0.2) is 68.5 Å². The second-order valence-corrected chi connectivity index (χ2v) is 11.2. The Balaban J connectivity index is 0.000000161. The van der Waals surface area contributed by atoms with Gasteiger partial charge in [0.15, 0.2) is 0 Å². The molecule has 0 fully saturated rings. The average molecular weight is 541 g/mol. The highest BCUT2D eigenvalue weighted by atomic mass is 15.2. The average Bonchev–Trinajstić information content (AvgIpc) is 2.98. The molecular weight excluding hydrogens is 496 g/mol. The lowest BCUT2D eigenvalue weighted by Gasteiger charge is -2.27. The third-order valence-corrected chi connectivity index (χ3v) is 7.79. The molecule has 6 rings (SSSR count). The van der Waals surface area contributed by atoms with Gasteiger partial charge in [-0.3, -0.25) is 20.0 Å². The molecule has 4 heterocycles. The third-order valence-electron chi connectivity index (χ3n) is 7.79. The van der Waals surface area contributed by atoms with Crippen molar-refractivity contribution in [1.82, 2.24) is 20.4 Å². The van der Waals surface area contributed by atoms with E-state index in [4.69, 9.17) is 0 Å². The number of benzene rings is 2. The van der Waals surface area contributed by atoms with E-state index in [9.17, 15) is 0 Å². The summed E-state index contributed by atoms with van der Waals surface area (Å²) in [7, 11) is 4.24. The first-order valence-electron chi connectivity index (χ1n) is 14.8. The fourth-order valence-electron chi connectivity index (χ4n) is 5.44. The molecule has 8 heteroatoms. The highest BCUT2D eigenvalue weighted by molar-refractivity contribution is 6.04. The molecule has 0 aromatic heterocycles. The van der Waals surface area contributed by atoms with Crippen LogP contribution in [0, 0.1) is 0 Å². The Morgan fingerprint density at radius 2 is 1.05 bits per heavy atom. The van der Waals surface area contributed by atoms with E-state index in [-0.39, 0.29) is 0 Å². The molecule has 0 amide bonds. The van der Waals surface area contributed by atoms with Crippen molar-refractivity contribution in [3.63, 3.8) is 0 Å². The first-order valence-corrected chi connectivity index (χ1v) is 14.8. The highest BCUT2D eigenvalue weighted by Crippen LogP contribution is 2.16. The molecule has 2 atom stereocenters. The summed E-state index contributed by atoms with van der Waals surface area (Å²) in [5.41, 5.74) is 4.72. The van der Waals surface area contributed by atoms with Crippen molar-refractivity contribution in [1.29, 1.82) is 0 Å². The van der Waals surface area contributed by atoms with Gasteiger partial charge in [0.25, 0.3) is 0 Å². The zero-order valence-corrected chi connectivity index (χ0v) is 24.5. The molecule has 2 aromatic rings. The van der Waals surface area contributed by atoms with Gasteiger partial charge in [0.2, 0.25) is 0 Å². The number of rotatable bonds is 4. The zero-order chi connectivity index (χ0) is 27.9. The van der Waals surface area contributed by atoms with Gasteiger partial charge >= 0.3 is 0 Å². The normalized spacial score (nSPS) is 22.9. The van der Waals surface area contributed by atoms with Gasteiger partial charge in [0, 0.05) is 87.7 Å². The van der Waals surface area contributed by atoms with Crippen molar-refractivity contribution in [2.45, 2.75) is 51.6 Å². The van der Waals surface area contributed by atoms with Gasteiger partial charge in [-0.15, -0.1) is 0 Å². The maximum Gasteiger partial charge on any atom is 0.130 e. The van der Waals surface area contributed by atoms with Crippen LogP contribution in [0.3, 0.4) is 0 Å². The van der Waals surface area contributed by atoms with Crippen molar-refractivity contribution < 1.29 is 0 Å². The van der Waals surface area contributed by atoms with Gasteiger partial charge in [0.05, 0.1) is 0 Å². The summed E-state index contributed by atoms with van der Waals surface area (Å²) in [4.78, 5) is 23.0. The van der Waals surface area contributed by atoms with E-state index in [1.165, 1.54) is 11.1 Å². The lowest BCUT2D eigenvalue weighted by molar-refractivity contribution is 0.467. The maximum atomic E-state index is 4.68. The first-order chi connectivity index (χ1) is 19.5. The highest BCUT2D eigenvalue weighted by Gasteiger charge is 2.18. The molecule has 0 bridgehead atoms. The Kier molecular flexibility index (Phi) is 9.14. The van der Waals surface area contributed by atoms with Crippen molar-refractivity contribution in [2.24, 2.45) is 20.0 Å². The molecule has 0 spiro atoms. The van der Waals surface area contributed by atoms with Gasteiger partial charge in [0.1, 0.15) is 23.3 Å². The number of hydrogen-bond acceptors (Lipinski definition) is 8. The molecule has 0 saturated heterocycles. The lowest BCUT2D eigenvalue weighted by atomic mass is 10.1. The zero-order valence-electron chi connectivity index (χ0n) is 24.5. The van der Waals surface area contributed by atoms with Gasteiger partial charge in [-0.1, -0.05) is 42.5 Å². The summed E-state index contributed by atoms with van der Waals surface area (Å²) in [5.74, 6) is 4.25. The molecule has 2 aromatic carbocycles. The van der Waals surface area contributed by atoms with Crippen molar-refractivity contribution in [2.75, 3.05) is 53.4 Å². The number of aliphatic imine (C=N–C) groups is 4. The van der Waals surface area contributed by atoms with Gasteiger partial charge < -0.3 is 20.4 Å². The van der Waals surface area contributed by atoms with Crippen LogP contribution in [0.1, 0.15) is 61.8 Å². The van der Waals surface area contributed by atoms with Gasteiger partial charge in [-0.25, -0.2) is 0 Å². The number of amidine groups is 4. The van der Waals surface area contributed by atoms with E-state index in [0.717, 1.165) is 99.4 Å². The van der Waals surface area contributed by atoms with Crippen LogP contribution >= 0.6 is 0 Å². The SMILES string of the molecule is CC1CCN=C(c2ccc(C3=NCCC(C)N3)cc2)N1.CN1CCCN=C1c1cccc(C2=NCCCN2C)c1. The van der Waals surface area contributed by atoms with Crippen LogP contribution in [0.5, 0.6) is 0 Å². The Hall–Kier alpha value is -3.68. The van der Waals surface area contributed by atoms with E-state index in [0.29, 0.717) is 12.1 Å². The smallest absolute Gasteiger partial charge is 0.130 e. The minimum atomic E-state index is 0.507. The maximum absolute atomic E-state index is 4.68. The summed E-state index contributed by atoms with van der Waals surface area (Å²) in [6.07, 6.45) is 4.52. The molecule has 0 aliphatic carbocycles. The van der Waals surface area contributed by atoms with E-state index in [1.807, 2.05) is 0 Å². The molecule has 0 radical (unpaired) electrons. The molecule has 4 aliphatic rings. The fraction of sp³-hybridized carbons (Fsp3) is 0.500. The van der Waals surface area contributed by atoms with Crippen LogP contribution in [-0.4, -0.2) is 98.6 Å². The predicted molar refractivity (Wildman–Crippen MR) is 167 cm³/mol. The van der Waals surface area contributed by atoms with E-state index >= 15 is 0 Å². The van der Waals surface area contributed by atoms with E-state index in [2.05, 4.69) is 117 Å². The molecule has 2 N–H and O–H groups in total. The van der Waals surface area contributed by atoms with Crippen molar-refractivity contribution in [3.8, 4) is 0 Å². The largest absolute Gasteiger partial charge is 0.367 e. The molecule has 40 heavy (non-hydrogen) atoms. The monoisotopic (exact) mass is 540 g/mol. The van der Waals surface area contributed by atoms with Crippen LogP contribution in [0.2, 0.25) is 0 Å². The minimum absolute atomic E-state index is 0.507. The second-order valence-electron chi connectivity index (χ2n) is 11.2. The van der Waals surface area contributed by atoms with Crippen LogP contribution in [0.25, 0.3) is 0 Å². The van der Waals surface area contributed by atoms with Gasteiger partial charge in [-0.2, -0.15) is 0 Å². The standard InChI is InChI=1S/2C16H22N4/c1-19-10-4-8-17-15(19)13-6-3-7-14(12-13)16-18-9-5-11-20(16)2;1-11-7-9-17-15(19-11)13-3-5-14(6-4-13)16-18-10-8-12(2)20-16/h3,6-7,12H,4-5,8-11H2,1-2H3;3-6,11-12H,7-10H2,1-2H3,(H,17,19)(H,18,20). The van der Waals surface area contributed by atoms with Crippen LogP contribution in [0.4, 0.5) is 0 Å². The molecule has 212 valence electrons. The number of nitrogens with one attached hydrogen (secondary N) is 2. The van der Waals surface area contributed by atoms with Gasteiger partial charge in [-0.05, 0) is 45.6 Å². The second kappa shape index (κ2) is 13.1. The minimum Gasteiger partial charge on any atom is -0.367 e. The Bertz CT molecular complexity index is 1180. The predicted octanol–water partition coefficient (Wildman–Crippen LogP) is 3.79. The van der Waals surface area contributed by atoms with Crippen LogP contribution < -0.4 is 10.6 Å². The first kappa shape index (κ1) is 27.9. The van der Waals surface area contributed by atoms with Crippen molar-refractivity contribution >= 4 is 23.3 Å². The molecule has 2 unspecified atom stereocenters.